The molecule has 146 valence electrons. The highest BCUT2D eigenvalue weighted by Gasteiger charge is 2.34. The molecule has 8 heteroatoms. The molecule has 1 aromatic carbocycles. The number of ether oxygens (including phenoxy) is 2. The largest absolute Gasteiger partial charge is 0.489 e. The van der Waals surface area contributed by atoms with E-state index in [-0.39, 0.29) is 36.9 Å². The molecule has 0 saturated heterocycles. The summed E-state index contributed by atoms with van der Waals surface area (Å²) < 4.78 is 10.5. The maximum atomic E-state index is 12.5. The van der Waals surface area contributed by atoms with Crippen LogP contribution in [0.3, 0.4) is 0 Å². The molecule has 1 amide bonds. The number of anilines is 1. The second-order valence-electron chi connectivity index (χ2n) is 6.09. The monoisotopic (exact) mass is 383 g/mol. The van der Waals surface area contributed by atoms with E-state index in [2.05, 4.69) is 10.3 Å². The molecule has 28 heavy (non-hydrogen) atoms. The number of carbonyl (C=O) groups is 2. The fourth-order valence-corrected chi connectivity index (χ4v) is 2.78. The van der Waals surface area contributed by atoms with Crippen LogP contribution in [0.5, 0.6) is 5.75 Å². The summed E-state index contributed by atoms with van der Waals surface area (Å²) in [4.78, 5) is 29.9. The van der Waals surface area contributed by atoms with Gasteiger partial charge >= 0.3 is 5.97 Å². The number of pyridine rings is 1. The molecule has 0 radical (unpaired) electrons. The lowest BCUT2D eigenvalue weighted by Gasteiger charge is -2.15. The van der Waals surface area contributed by atoms with E-state index in [1.807, 2.05) is 12.1 Å². The number of carbonyl (C=O) groups excluding carboxylic acids is 2. The number of rotatable bonds is 8. The van der Waals surface area contributed by atoms with Crippen LogP contribution in [-0.2, 0) is 20.9 Å². The van der Waals surface area contributed by atoms with Gasteiger partial charge in [0.05, 0.1) is 25.8 Å². The molecular weight excluding hydrogens is 362 g/mol. The van der Waals surface area contributed by atoms with Gasteiger partial charge in [-0.3, -0.25) is 9.78 Å². The molecule has 0 atom stereocenters. The third-order valence-electron chi connectivity index (χ3n) is 4.21. The number of hydrogen-bond acceptors (Lipinski definition) is 7. The summed E-state index contributed by atoms with van der Waals surface area (Å²) in [7, 11) is 1.26. The second kappa shape index (κ2) is 9.01. The maximum absolute atomic E-state index is 12.5. The van der Waals surface area contributed by atoms with Crippen LogP contribution >= 0.6 is 0 Å². The summed E-state index contributed by atoms with van der Waals surface area (Å²) in [6, 6.07) is 10.8. The van der Waals surface area contributed by atoms with E-state index >= 15 is 0 Å². The number of benzene rings is 1. The Morgan fingerprint density at radius 3 is 2.71 bits per heavy atom. The quantitative estimate of drug-likeness (QED) is 0.663. The summed E-state index contributed by atoms with van der Waals surface area (Å²) >= 11 is 0. The first-order valence-corrected chi connectivity index (χ1v) is 8.72. The number of methoxy groups -OCH3 is 1. The van der Waals surface area contributed by atoms with Crippen LogP contribution in [0, 0.1) is 0 Å². The van der Waals surface area contributed by atoms with Crippen molar-refractivity contribution in [3.8, 4) is 5.75 Å². The topological polar surface area (TPSA) is 101 Å². The zero-order chi connectivity index (χ0) is 19.9. The predicted molar refractivity (Wildman–Crippen MR) is 101 cm³/mol. The Bertz CT molecular complexity index is 865. The summed E-state index contributed by atoms with van der Waals surface area (Å²) in [5.74, 6) is -0.268. The minimum Gasteiger partial charge on any atom is -0.489 e. The fraction of sp³-hybridized carbons (Fsp3) is 0.250. The van der Waals surface area contributed by atoms with Gasteiger partial charge in [0.1, 0.15) is 18.1 Å². The number of nitrogens with zero attached hydrogens (tertiary/aromatic N) is 2. The van der Waals surface area contributed by atoms with Gasteiger partial charge in [0.2, 0.25) is 0 Å². The molecule has 8 nitrogen and oxygen atoms in total. The Morgan fingerprint density at radius 1 is 1.29 bits per heavy atom. The molecule has 0 saturated carbocycles. The first-order chi connectivity index (χ1) is 13.6. The number of aliphatic hydroxyl groups excluding tert-OH is 1. The number of nitrogens with one attached hydrogen (secondary N) is 1. The Hall–Kier alpha value is -3.39. The third kappa shape index (κ3) is 4.47. The predicted octanol–water partition coefficient (Wildman–Crippen LogP) is 1.33. The smallest absolute Gasteiger partial charge is 0.337 e. The van der Waals surface area contributed by atoms with Crippen LogP contribution in [0.25, 0.3) is 0 Å². The van der Waals surface area contributed by atoms with Crippen molar-refractivity contribution < 1.29 is 24.2 Å². The number of aliphatic hydroxyl groups is 1. The van der Waals surface area contributed by atoms with E-state index in [4.69, 9.17) is 14.6 Å². The number of amides is 1. The molecule has 3 rings (SSSR count). The zero-order valence-corrected chi connectivity index (χ0v) is 15.4. The molecule has 0 unspecified atom stereocenters. The lowest BCUT2D eigenvalue weighted by Crippen LogP contribution is -2.31. The number of β-amino-alcohol motifs (C(OH)–C–C–N with tert-alkyl or cyclic N) is 1. The first kappa shape index (κ1) is 19.4. The lowest BCUT2D eigenvalue weighted by molar-refractivity contribution is -0.136. The van der Waals surface area contributed by atoms with Crippen molar-refractivity contribution in [2.24, 2.45) is 0 Å². The summed E-state index contributed by atoms with van der Waals surface area (Å²) in [5.41, 5.74) is 1.98. The Kier molecular flexibility index (Phi) is 6.23. The average Bonchev–Trinajstić information content (AvgIpc) is 3.03. The Morgan fingerprint density at radius 2 is 2.07 bits per heavy atom. The lowest BCUT2D eigenvalue weighted by atomic mass is 10.2. The van der Waals surface area contributed by atoms with Gasteiger partial charge in [0, 0.05) is 30.2 Å². The van der Waals surface area contributed by atoms with Crippen molar-refractivity contribution >= 4 is 17.6 Å². The van der Waals surface area contributed by atoms with Crippen molar-refractivity contribution in [3.05, 3.63) is 65.6 Å². The number of esters is 1. The van der Waals surface area contributed by atoms with Crippen LogP contribution in [0.1, 0.15) is 5.56 Å². The van der Waals surface area contributed by atoms with E-state index in [9.17, 15) is 9.59 Å². The minimum atomic E-state index is -0.576. The highest BCUT2D eigenvalue weighted by atomic mass is 16.5. The Labute approximate surface area is 162 Å². The summed E-state index contributed by atoms with van der Waals surface area (Å²) in [6.45, 7) is 0.454. The fourth-order valence-electron chi connectivity index (χ4n) is 2.78. The van der Waals surface area contributed by atoms with Crippen molar-refractivity contribution in [1.82, 2.24) is 9.88 Å². The van der Waals surface area contributed by atoms with Crippen LogP contribution < -0.4 is 10.1 Å². The first-order valence-electron chi connectivity index (χ1n) is 8.72. The molecule has 1 aliphatic heterocycles. The molecule has 2 aromatic rings. The molecule has 1 aromatic heterocycles. The number of hydrogen-bond donors (Lipinski definition) is 2. The van der Waals surface area contributed by atoms with Crippen molar-refractivity contribution in [2.75, 3.05) is 32.1 Å². The normalized spacial score (nSPS) is 13.6. The highest BCUT2D eigenvalue weighted by molar-refractivity contribution is 6.08. The van der Waals surface area contributed by atoms with Crippen LogP contribution in [-0.4, -0.2) is 53.7 Å². The molecule has 0 bridgehead atoms. The standard InChI is InChI=1S/C20H21N3O5/c1-27-20(26)17-12-23(9-10-24)19(25)18(17)22-15-4-6-16(7-5-15)28-13-14-3-2-8-21-11-14/h2-8,11,22,24H,9-10,12-13H2,1H3. The molecular formula is C20H21N3O5. The molecule has 0 spiro atoms. The van der Waals surface area contributed by atoms with Gasteiger partial charge in [-0.2, -0.15) is 0 Å². The summed E-state index contributed by atoms with van der Waals surface area (Å²) in [6.07, 6.45) is 3.44. The molecule has 1 aliphatic rings. The second-order valence-corrected chi connectivity index (χ2v) is 6.09. The summed E-state index contributed by atoms with van der Waals surface area (Å²) in [5, 5.41) is 12.1. The maximum Gasteiger partial charge on any atom is 0.337 e. The van der Waals surface area contributed by atoms with E-state index < -0.39 is 5.97 Å². The highest BCUT2D eigenvalue weighted by Crippen LogP contribution is 2.24. The van der Waals surface area contributed by atoms with E-state index in [1.165, 1.54) is 12.0 Å². The van der Waals surface area contributed by atoms with Crippen molar-refractivity contribution in [3.63, 3.8) is 0 Å². The van der Waals surface area contributed by atoms with Gasteiger partial charge in [-0.25, -0.2) is 4.79 Å². The van der Waals surface area contributed by atoms with Gasteiger partial charge in [0.25, 0.3) is 5.91 Å². The molecule has 2 heterocycles. The van der Waals surface area contributed by atoms with Gasteiger partial charge in [-0.05, 0) is 30.3 Å². The van der Waals surface area contributed by atoms with Gasteiger partial charge in [0.15, 0.2) is 0 Å². The third-order valence-corrected chi connectivity index (χ3v) is 4.21. The van der Waals surface area contributed by atoms with Gasteiger partial charge in [-0.15, -0.1) is 0 Å². The van der Waals surface area contributed by atoms with Crippen LogP contribution in [0.2, 0.25) is 0 Å². The van der Waals surface area contributed by atoms with Gasteiger partial charge in [-0.1, -0.05) is 6.07 Å². The van der Waals surface area contributed by atoms with Crippen molar-refractivity contribution in [2.45, 2.75) is 6.61 Å². The molecule has 0 fully saturated rings. The van der Waals surface area contributed by atoms with E-state index in [0.29, 0.717) is 18.0 Å². The zero-order valence-electron chi connectivity index (χ0n) is 15.4. The van der Waals surface area contributed by atoms with Crippen LogP contribution in [0.15, 0.2) is 60.1 Å². The average molecular weight is 383 g/mol. The van der Waals surface area contributed by atoms with Gasteiger partial charge < -0.3 is 24.8 Å². The number of aromatic nitrogens is 1. The van der Waals surface area contributed by atoms with E-state index in [0.717, 1.165) is 5.56 Å². The molecule has 2 N–H and O–H groups in total. The van der Waals surface area contributed by atoms with Crippen molar-refractivity contribution in [1.29, 1.82) is 0 Å². The minimum absolute atomic E-state index is 0.0979. The molecule has 0 aliphatic carbocycles. The van der Waals surface area contributed by atoms with E-state index in [1.54, 1.807) is 36.7 Å². The SMILES string of the molecule is COC(=O)C1=C(Nc2ccc(OCc3cccnc3)cc2)C(=O)N(CCO)C1. The van der Waals surface area contributed by atoms with Crippen LogP contribution in [0.4, 0.5) is 5.69 Å². The Balaban J connectivity index is 1.69.